The first kappa shape index (κ1) is 16.9. The van der Waals surface area contributed by atoms with Gasteiger partial charge in [0.2, 0.25) is 0 Å². The van der Waals surface area contributed by atoms with Crippen LogP contribution in [0.4, 0.5) is 5.95 Å². The van der Waals surface area contributed by atoms with Crippen LogP contribution < -0.4 is 26.4 Å². The lowest BCUT2D eigenvalue weighted by molar-refractivity contribution is -0.0000148. The molecule has 2 rings (SSSR count). The summed E-state index contributed by atoms with van der Waals surface area (Å²) in [6.07, 6.45) is 0.993. The van der Waals surface area contributed by atoms with Gasteiger partial charge < -0.3 is 26.6 Å². The molecule has 20 heavy (non-hydrogen) atoms. The number of quaternary nitrogens is 1. The Morgan fingerprint density at radius 2 is 1.80 bits per heavy atom. The van der Waals surface area contributed by atoms with Gasteiger partial charge in [-0.05, 0) is 6.42 Å². The number of aromatic nitrogens is 3. The van der Waals surface area contributed by atoms with Gasteiger partial charge in [-0.2, -0.15) is 0 Å². The number of ether oxygens (including phenoxy) is 3. The smallest absolute Gasteiger partial charge is 0.338 e. The van der Waals surface area contributed by atoms with Crippen molar-refractivity contribution in [2.75, 3.05) is 41.0 Å². The third-order valence-electron chi connectivity index (χ3n) is 3.69. The van der Waals surface area contributed by atoms with Gasteiger partial charge in [-0.1, -0.05) is 6.92 Å². The third kappa shape index (κ3) is 3.11. The molecule has 0 radical (unpaired) electrons. The van der Waals surface area contributed by atoms with Crippen molar-refractivity contribution >= 4 is 5.95 Å². The lowest BCUT2D eigenvalue weighted by Gasteiger charge is -2.41. The first-order chi connectivity index (χ1) is 9.13. The molecule has 0 N–H and O–H groups in total. The Morgan fingerprint density at radius 3 is 2.30 bits per heavy atom. The summed E-state index contributed by atoms with van der Waals surface area (Å²) in [5, 5.41) is 0. The van der Waals surface area contributed by atoms with Crippen LogP contribution in [0.1, 0.15) is 13.3 Å². The van der Waals surface area contributed by atoms with Crippen molar-refractivity contribution in [3.8, 4) is 12.0 Å². The van der Waals surface area contributed by atoms with E-state index < -0.39 is 0 Å². The van der Waals surface area contributed by atoms with Crippen LogP contribution in [-0.4, -0.2) is 62.0 Å². The molecule has 114 valence electrons. The van der Waals surface area contributed by atoms with Crippen molar-refractivity contribution in [3.63, 3.8) is 0 Å². The number of halogens is 1. The van der Waals surface area contributed by atoms with E-state index in [1.165, 1.54) is 14.2 Å². The maximum atomic E-state index is 5.55. The highest BCUT2D eigenvalue weighted by Gasteiger charge is 2.40. The Kier molecular flexibility index (Phi) is 5.91. The van der Waals surface area contributed by atoms with E-state index in [1.54, 1.807) is 0 Å². The normalized spacial score (nSPS) is 25.7. The fourth-order valence-corrected chi connectivity index (χ4v) is 2.34. The molecule has 0 amide bonds. The molecule has 1 fully saturated rings. The minimum atomic E-state index is 0. The van der Waals surface area contributed by atoms with Gasteiger partial charge >= 0.3 is 18.0 Å². The van der Waals surface area contributed by atoms with Crippen LogP contribution in [-0.2, 0) is 4.74 Å². The summed E-state index contributed by atoms with van der Waals surface area (Å²) in [5.41, 5.74) is 0. The Bertz CT molecular complexity index is 426. The molecular formula is C12H21ClN4O3. The van der Waals surface area contributed by atoms with Crippen molar-refractivity contribution in [1.29, 1.82) is 0 Å². The molecule has 1 aromatic heterocycles. The largest absolute Gasteiger partial charge is 1.00 e. The second kappa shape index (κ2) is 7.01. The van der Waals surface area contributed by atoms with Crippen molar-refractivity contribution in [2.24, 2.45) is 0 Å². The Balaban J connectivity index is 0.00000200. The minimum Gasteiger partial charge on any atom is -1.00 e. The highest BCUT2D eigenvalue weighted by molar-refractivity contribution is 5.29. The van der Waals surface area contributed by atoms with Crippen molar-refractivity contribution < 1.29 is 26.6 Å². The number of morpholine rings is 1. The summed E-state index contributed by atoms with van der Waals surface area (Å²) in [6, 6.07) is 0.885. The quantitative estimate of drug-likeness (QED) is 0.580. The van der Waals surface area contributed by atoms with Gasteiger partial charge in [0, 0.05) is 0 Å². The first-order valence-corrected chi connectivity index (χ1v) is 6.41. The van der Waals surface area contributed by atoms with Gasteiger partial charge in [0.25, 0.3) is 0 Å². The van der Waals surface area contributed by atoms with E-state index >= 15 is 0 Å². The van der Waals surface area contributed by atoms with Gasteiger partial charge in [-0.15, -0.1) is 15.0 Å². The first-order valence-electron chi connectivity index (χ1n) is 6.41. The molecule has 2 heterocycles. The van der Waals surface area contributed by atoms with Gasteiger partial charge in [0.05, 0.1) is 34.5 Å². The predicted octanol–water partition coefficient (Wildman–Crippen LogP) is -2.36. The minimum absolute atomic E-state index is 0. The van der Waals surface area contributed by atoms with E-state index in [1.807, 2.05) is 0 Å². The van der Waals surface area contributed by atoms with E-state index in [2.05, 4.69) is 28.9 Å². The topological polar surface area (TPSA) is 66.4 Å². The molecule has 1 aromatic rings. The summed E-state index contributed by atoms with van der Waals surface area (Å²) in [4.78, 5) is 12.8. The summed E-state index contributed by atoms with van der Waals surface area (Å²) < 4.78 is 16.4. The third-order valence-corrected chi connectivity index (χ3v) is 3.69. The molecule has 7 nitrogen and oxygen atoms in total. The fraction of sp³-hybridized carbons (Fsp3) is 0.750. The van der Waals surface area contributed by atoms with Crippen molar-refractivity contribution in [2.45, 2.75) is 19.4 Å². The van der Waals surface area contributed by atoms with Crippen LogP contribution in [0.3, 0.4) is 0 Å². The molecule has 1 aliphatic heterocycles. The Labute approximate surface area is 125 Å². The average Bonchev–Trinajstić information content (AvgIpc) is 2.47. The van der Waals surface area contributed by atoms with Crippen LogP contribution in [0.25, 0.3) is 0 Å². The number of rotatable bonds is 4. The van der Waals surface area contributed by atoms with E-state index in [4.69, 9.17) is 14.2 Å². The summed E-state index contributed by atoms with van der Waals surface area (Å²) >= 11 is 0. The zero-order valence-corrected chi connectivity index (χ0v) is 13.1. The average molecular weight is 305 g/mol. The standard InChI is InChI=1S/C12H21N4O3.ClH/c1-5-9-8-19-7-6-16(9,2)10-13-11(17-3)15-12(14-10)18-4;/h9H,5-8H2,1-4H3;1H/q+1;/p-1. The zero-order valence-electron chi connectivity index (χ0n) is 12.3. The monoisotopic (exact) mass is 304 g/mol. The Hall–Kier alpha value is -1.18. The number of methoxy groups -OCH3 is 2. The second-order valence-corrected chi connectivity index (χ2v) is 4.74. The number of nitrogens with zero attached hydrogens (tertiary/aromatic N) is 4. The summed E-state index contributed by atoms with van der Waals surface area (Å²) in [7, 11) is 5.19. The number of hydrogen-bond acceptors (Lipinski definition) is 6. The maximum Gasteiger partial charge on any atom is 0.338 e. The van der Waals surface area contributed by atoms with Gasteiger partial charge in [-0.25, -0.2) is 0 Å². The van der Waals surface area contributed by atoms with Crippen molar-refractivity contribution in [1.82, 2.24) is 19.4 Å². The molecule has 0 spiro atoms. The maximum absolute atomic E-state index is 5.55. The molecule has 0 aromatic carbocycles. The number of likely N-dealkylation sites (N-methyl/N-ethyl adjacent to an activating group) is 1. The van der Waals surface area contributed by atoms with Gasteiger partial charge in [-0.3, -0.25) is 4.48 Å². The van der Waals surface area contributed by atoms with Crippen molar-refractivity contribution in [3.05, 3.63) is 0 Å². The van der Waals surface area contributed by atoms with Crippen LogP contribution >= 0.6 is 0 Å². The summed E-state index contributed by atoms with van der Waals surface area (Å²) in [6.45, 7) is 4.38. The summed E-state index contributed by atoms with van der Waals surface area (Å²) in [5.74, 6) is 0.666. The molecule has 2 unspecified atom stereocenters. The molecular weight excluding hydrogens is 284 g/mol. The molecule has 0 aliphatic carbocycles. The second-order valence-electron chi connectivity index (χ2n) is 4.74. The number of hydrogen-bond donors (Lipinski definition) is 0. The van der Waals surface area contributed by atoms with E-state index in [-0.39, 0.29) is 24.4 Å². The molecule has 0 saturated carbocycles. The van der Waals surface area contributed by atoms with E-state index in [0.717, 1.165) is 13.0 Å². The molecule has 8 heteroatoms. The molecule has 2 atom stereocenters. The van der Waals surface area contributed by atoms with E-state index in [9.17, 15) is 0 Å². The Morgan fingerprint density at radius 1 is 1.20 bits per heavy atom. The SMILES string of the molecule is CCC1COCC[N+]1(C)c1nc(OC)nc(OC)n1.[Cl-]. The van der Waals surface area contributed by atoms with Crippen LogP contribution in [0.5, 0.6) is 12.0 Å². The molecule has 0 bridgehead atoms. The van der Waals surface area contributed by atoms with Crippen LogP contribution in [0, 0.1) is 0 Å². The zero-order chi connectivity index (χ0) is 13.9. The predicted molar refractivity (Wildman–Crippen MR) is 70.4 cm³/mol. The fourth-order valence-electron chi connectivity index (χ4n) is 2.34. The lowest BCUT2D eigenvalue weighted by atomic mass is 10.1. The van der Waals surface area contributed by atoms with E-state index in [0.29, 0.717) is 29.7 Å². The van der Waals surface area contributed by atoms with Gasteiger partial charge in [0.15, 0.2) is 0 Å². The van der Waals surface area contributed by atoms with Gasteiger partial charge in [0.1, 0.15) is 12.6 Å². The molecule has 1 saturated heterocycles. The highest BCUT2D eigenvalue weighted by Crippen LogP contribution is 2.27. The van der Waals surface area contributed by atoms with Crippen LogP contribution in [0.15, 0.2) is 0 Å². The molecule has 1 aliphatic rings. The van der Waals surface area contributed by atoms with Crippen LogP contribution in [0.2, 0.25) is 0 Å². The lowest BCUT2D eigenvalue weighted by Crippen LogP contribution is -3.00. The highest BCUT2D eigenvalue weighted by atomic mass is 35.5.